The monoisotopic (exact) mass is 470 g/mol. The maximum atomic E-state index is 13.3. The molecule has 1 saturated heterocycles. The Bertz CT molecular complexity index is 1330. The molecule has 1 amide bonds. The van der Waals surface area contributed by atoms with E-state index in [4.69, 9.17) is 4.74 Å². The van der Waals surface area contributed by atoms with Crippen LogP contribution in [0, 0.1) is 13.8 Å². The molecular weight excluding hydrogens is 444 g/mol. The normalized spacial score (nSPS) is 17.0. The summed E-state index contributed by atoms with van der Waals surface area (Å²) < 4.78 is 5.22. The van der Waals surface area contributed by atoms with E-state index in [1.165, 1.54) is 11.0 Å². The van der Waals surface area contributed by atoms with Crippen molar-refractivity contribution < 1.29 is 24.2 Å². The minimum Gasteiger partial charge on any atom is -0.507 e. The van der Waals surface area contributed by atoms with Crippen LogP contribution < -0.4 is 4.90 Å². The lowest BCUT2D eigenvalue weighted by atomic mass is 9.95. The first-order valence-electron chi connectivity index (χ1n) is 11.4. The molecule has 2 heterocycles. The zero-order chi connectivity index (χ0) is 25.1. The Morgan fingerprint density at radius 2 is 1.83 bits per heavy atom. The number of benzene rings is 2. The Balaban J connectivity index is 1.87. The van der Waals surface area contributed by atoms with Crippen molar-refractivity contribution in [2.45, 2.75) is 33.2 Å². The van der Waals surface area contributed by atoms with Gasteiger partial charge in [0.25, 0.3) is 11.7 Å². The molecular formula is C28H26N2O5. The molecule has 2 aromatic carbocycles. The summed E-state index contributed by atoms with van der Waals surface area (Å²) in [6.07, 6.45) is 3.82. The fraction of sp³-hybridized carbons (Fsp3) is 0.214. The molecule has 7 heteroatoms. The molecule has 0 bridgehead atoms. The van der Waals surface area contributed by atoms with Crippen molar-refractivity contribution in [3.05, 3.63) is 100 Å². The Morgan fingerprint density at radius 3 is 2.51 bits per heavy atom. The number of aliphatic hydroxyl groups excluding tert-OH is 1. The van der Waals surface area contributed by atoms with Crippen LogP contribution >= 0.6 is 0 Å². The Kier molecular flexibility index (Phi) is 6.78. The first kappa shape index (κ1) is 23.9. The van der Waals surface area contributed by atoms with E-state index in [-0.39, 0.29) is 23.5 Å². The lowest BCUT2D eigenvalue weighted by molar-refractivity contribution is -0.132. The third-order valence-corrected chi connectivity index (χ3v) is 6.02. The summed E-state index contributed by atoms with van der Waals surface area (Å²) in [4.78, 5) is 44.5. The first-order valence-corrected chi connectivity index (χ1v) is 11.4. The van der Waals surface area contributed by atoms with Crippen LogP contribution in [-0.2, 0) is 14.3 Å². The highest BCUT2D eigenvalue weighted by Crippen LogP contribution is 2.42. The van der Waals surface area contributed by atoms with Gasteiger partial charge in [-0.1, -0.05) is 31.2 Å². The van der Waals surface area contributed by atoms with Crippen molar-refractivity contribution in [2.24, 2.45) is 0 Å². The fourth-order valence-corrected chi connectivity index (χ4v) is 4.06. The summed E-state index contributed by atoms with van der Waals surface area (Å²) in [5, 5.41) is 11.2. The van der Waals surface area contributed by atoms with E-state index >= 15 is 0 Å². The van der Waals surface area contributed by atoms with Crippen molar-refractivity contribution in [3.63, 3.8) is 0 Å². The Morgan fingerprint density at radius 1 is 1.03 bits per heavy atom. The van der Waals surface area contributed by atoms with Gasteiger partial charge in [0.15, 0.2) is 0 Å². The van der Waals surface area contributed by atoms with Gasteiger partial charge in [0.1, 0.15) is 5.76 Å². The van der Waals surface area contributed by atoms with Crippen LogP contribution in [0.25, 0.3) is 5.76 Å². The summed E-state index contributed by atoms with van der Waals surface area (Å²) in [6, 6.07) is 14.2. The smallest absolute Gasteiger partial charge is 0.338 e. The zero-order valence-electron chi connectivity index (χ0n) is 19.8. The third kappa shape index (κ3) is 4.57. The summed E-state index contributed by atoms with van der Waals surface area (Å²) in [7, 11) is 0. The van der Waals surface area contributed by atoms with Crippen molar-refractivity contribution >= 4 is 29.1 Å². The second kappa shape index (κ2) is 9.93. The van der Waals surface area contributed by atoms with Crippen molar-refractivity contribution in [3.8, 4) is 0 Å². The molecule has 0 radical (unpaired) electrons. The molecule has 1 aromatic heterocycles. The second-order valence-corrected chi connectivity index (χ2v) is 8.44. The minimum absolute atomic E-state index is 0.0368. The predicted molar refractivity (Wildman–Crippen MR) is 132 cm³/mol. The van der Waals surface area contributed by atoms with Gasteiger partial charge in [-0.2, -0.15) is 0 Å². The van der Waals surface area contributed by atoms with Gasteiger partial charge >= 0.3 is 5.97 Å². The number of pyridine rings is 1. The molecule has 3 aromatic rings. The molecule has 178 valence electrons. The number of esters is 1. The van der Waals surface area contributed by atoms with Crippen molar-refractivity contribution in [1.29, 1.82) is 0 Å². The number of Topliss-reactive ketones (excluding diaryl/α,β-unsaturated/α-hetero) is 1. The van der Waals surface area contributed by atoms with Crippen molar-refractivity contribution in [1.82, 2.24) is 4.98 Å². The van der Waals surface area contributed by atoms with Crippen LogP contribution in [0.15, 0.2) is 72.6 Å². The number of hydrogen-bond acceptors (Lipinski definition) is 6. The number of ether oxygens (including phenoxy) is 1. The standard InChI is InChI=1S/C28H26N2O5/c1-4-13-35-28(34)20-7-5-9-22(15-20)30-24(21-8-6-12-29-16-21)23(26(32)27(30)33)25(31)19-11-10-17(2)18(3)14-19/h5-12,14-16,24,31H,4,13H2,1-3H3/b25-23+. The molecule has 1 aliphatic rings. The van der Waals surface area contributed by atoms with Crippen LogP contribution in [0.2, 0.25) is 0 Å². The molecule has 1 N–H and O–H groups in total. The van der Waals surface area contributed by atoms with Gasteiger partial charge in [0.05, 0.1) is 23.8 Å². The molecule has 4 rings (SSSR count). The molecule has 0 saturated carbocycles. The van der Waals surface area contributed by atoms with Gasteiger partial charge in [-0.05, 0) is 67.3 Å². The number of amides is 1. The average Bonchev–Trinajstić information content (AvgIpc) is 3.14. The van der Waals surface area contributed by atoms with Crippen molar-refractivity contribution in [2.75, 3.05) is 11.5 Å². The molecule has 1 unspecified atom stereocenters. The van der Waals surface area contributed by atoms with E-state index < -0.39 is 23.7 Å². The molecule has 1 atom stereocenters. The summed E-state index contributed by atoms with van der Waals surface area (Å²) in [6.45, 7) is 6.03. The Labute approximate surface area is 203 Å². The number of anilines is 1. The van der Waals surface area contributed by atoms with Gasteiger partial charge in [0.2, 0.25) is 0 Å². The highest BCUT2D eigenvalue weighted by Gasteiger charge is 2.47. The maximum absolute atomic E-state index is 13.3. The number of rotatable bonds is 6. The zero-order valence-corrected chi connectivity index (χ0v) is 19.8. The van der Waals surface area contributed by atoms with E-state index in [9.17, 15) is 19.5 Å². The topological polar surface area (TPSA) is 96.8 Å². The third-order valence-electron chi connectivity index (χ3n) is 6.02. The highest BCUT2D eigenvalue weighted by atomic mass is 16.5. The van der Waals surface area contributed by atoms with E-state index in [2.05, 4.69) is 4.98 Å². The molecule has 1 fully saturated rings. The predicted octanol–water partition coefficient (Wildman–Crippen LogP) is 4.89. The van der Waals surface area contributed by atoms with Crippen LogP contribution in [0.3, 0.4) is 0 Å². The Hall–Kier alpha value is -4.26. The number of aromatic nitrogens is 1. The molecule has 1 aliphatic heterocycles. The second-order valence-electron chi connectivity index (χ2n) is 8.44. The van der Waals surface area contributed by atoms with Gasteiger partial charge in [-0.3, -0.25) is 19.5 Å². The number of carbonyl (C=O) groups excluding carboxylic acids is 3. The number of ketones is 1. The van der Waals surface area contributed by atoms with Gasteiger partial charge in [-0.25, -0.2) is 4.79 Å². The summed E-state index contributed by atoms with van der Waals surface area (Å²) in [5.74, 6) is -2.39. The minimum atomic E-state index is -0.924. The van der Waals surface area contributed by atoms with Crippen LogP contribution in [-0.4, -0.2) is 34.4 Å². The molecule has 35 heavy (non-hydrogen) atoms. The highest BCUT2D eigenvalue weighted by molar-refractivity contribution is 6.51. The molecule has 0 aliphatic carbocycles. The van der Waals surface area contributed by atoms with E-state index in [1.807, 2.05) is 26.8 Å². The van der Waals surface area contributed by atoms with E-state index in [0.29, 0.717) is 23.2 Å². The number of carbonyl (C=O) groups is 3. The quantitative estimate of drug-likeness (QED) is 0.238. The average molecular weight is 471 g/mol. The lowest BCUT2D eigenvalue weighted by Crippen LogP contribution is -2.29. The van der Waals surface area contributed by atoms with Gasteiger partial charge in [0, 0.05) is 23.6 Å². The number of nitrogens with zero attached hydrogens (tertiary/aromatic N) is 2. The van der Waals surface area contributed by atoms with E-state index in [1.54, 1.807) is 54.9 Å². The van der Waals surface area contributed by atoms with E-state index in [0.717, 1.165) is 11.1 Å². The van der Waals surface area contributed by atoms with Gasteiger partial charge in [-0.15, -0.1) is 0 Å². The largest absolute Gasteiger partial charge is 0.507 e. The molecule has 7 nitrogen and oxygen atoms in total. The lowest BCUT2D eigenvalue weighted by Gasteiger charge is -2.25. The number of hydrogen-bond donors (Lipinski definition) is 1. The van der Waals surface area contributed by atoms with Crippen LogP contribution in [0.4, 0.5) is 5.69 Å². The van der Waals surface area contributed by atoms with Crippen LogP contribution in [0.1, 0.15) is 52.0 Å². The maximum Gasteiger partial charge on any atom is 0.338 e. The SMILES string of the molecule is CCCOC(=O)c1cccc(N2C(=O)C(=O)/C(=C(/O)c3ccc(C)c(C)c3)C2c2cccnc2)c1. The number of aryl methyl sites for hydroxylation is 2. The number of aliphatic hydroxyl groups is 1. The summed E-state index contributed by atoms with van der Waals surface area (Å²) in [5.41, 5.74) is 3.54. The fourth-order valence-electron chi connectivity index (χ4n) is 4.06. The molecule has 0 spiro atoms. The van der Waals surface area contributed by atoms with Gasteiger partial charge < -0.3 is 9.84 Å². The summed E-state index contributed by atoms with van der Waals surface area (Å²) >= 11 is 0. The van der Waals surface area contributed by atoms with Crippen LogP contribution in [0.5, 0.6) is 0 Å². The first-order chi connectivity index (χ1) is 16.8.